The van der Waals surface area contributed by atoms with Crippen LogP contribution >= 0.6 is 0 Å². The first-order chi connectivity index (χ1) is 11.5. The minimum Gasteiger partial charge on any atom is -0.465 e. The van der Waals surface area contributed by atoms with Crippen molar-refractivity contribution in [3.8, 4) is 11.1 Å². The van der Waals surface area contributed by atoms with Crippen molar-refractivity contribution in [3.63, 3.8) is 0 Å². The molecule has 24 heavy (non-hydrogen) atoms. The number of nitrogens with zero attached hydrogens (tertiary/aromatic N) is 3. The van der Waals surface area contributed by atoms with Gasteiger partial charge in [-0.1, -0.05) is 30.3 Å². The van der Waals surface area contributed by atoms with E-state index in [1.54, 1.807) is 24.1 Å². The summed E-state index contributed by atoms with van der Waals surface area (Å²) < 4.78 is 3.16. The van der Waals surface area contributed by atoms with Crippen LogP contribution in [0, 0.1) is 0 Å². The zero-order valence-electron chi connectivity index (χ0n) is 13.0. The number of benzene rings is 1. The van der Waals surface area contributed by atoms with Gasteiger partial charge in [-0.3, -0.25) is 14.8 Å². The van der Waals surface area contributed by atoms with E-state index in [1.165, 1.54) is 10.6 Å². The smallest absolute Gasteiger partial charge is 0.409 e. The lowest BCUT2D eigenvalue weighted by Crippen LogP contribution is -2.18. The fraction of sp³-hybridized carbons (Fsp3) is 0.118. The third-order valence-electron chi connectivity index (χ3n) is 3.60. The SMILES string of the molecule is Cn1cc(-c2cnn(Cc3ccccc3)c2)c(NC(=O)O)cc1=O. The molecule has 3 aromatic rings. The molecule has 7 heteroatoms. The number of carbonyl (C=O) groups is 1. The van der Waals surface area contributed by atoms with Crippen LogP contribution in [0.1, 0.15) is 5.56 Å². The Morgan fingerprint density at radius 3 is 2.71 bits per heavy atom. The van der Waals surface area contributed by atoms with Gasteiger partial charge >= 0.3 is 6.09 Å². The largest absolute Gasteiger partial charge is 0.465 e. The average molecular weight is 324 g/mol. The van der Waals surface area contributed by atoms with Crippen LogP contribution in [0.3, 0.4) is 0 Å². The highest BCUT2D eigenvalue weighted by Gasteiger charge is 2.12. The highest BCUT2D eigenvalue weighted by atomic mass is 16.4. The van der Waals surface area contributed by atoms with Gasteiger partial charge in [0.05, 0.1) is 18.4 Å². The average Bonchev–Trinajstić information content (AvgIpc) is 2.99. The summed E-state index contributed by atoms with van der Waals surface area (Å²) in [6.45, 7) is 0.605. The third kappa shape index (κ3) is 3.35. The zero-order chi connectivity index (χ0) is 17.1. The molecule has 1 aromatic carbocycles. The second-order valence-electron chi connectivity index (χ2n) is 5.39. The van der Waals surface area contributed by atoms with Crippen LogP contribution in [0.15, 0.2) is 59.8 Å². The third-order valence-corrected chi connectivity index (χ3v) is 3.60. The number of aryl methyl sites for hydroxylation is 1. The number of hydrogen-bond donors (Lipinski definition) is 2. The Hall–Kier alpha value is -3.35. The summed E-state index contributed by atoms with van der Waals surface area (Å²) in [7, 11) is 1.62. The maximum absolute atomic E-state index is 11.8. The van der Waals surface area contributed by atoms with E-state index < -0.39 is 6.09 Å². The van der Waals surface area contributed by atoms with Gasteiger partial charge in [0, 0.05) is 36.6 Å². The molecule has 0 unspecified atom stereocenters. The van der Waals surface area contributed by atoms with Crippen molar-refractivity contribution in [1.82, 2.24) is 14.3 Å². The molecule has 0 aliphatic rings. The van der Waals surface area contributed by atoms with Gasteiger partial charge in [-0.05, 0) is 5.56 Å². The summed E-state index contributed by atoms with van der Waals surface area (Å²) in [5.41, 5.74) is 2.38. The first kappa shape index (κ1) is 15.5. The number of amides is 1. The summed E-state index contributed by atoms with van der Waals surface area (Å²) >= 11 is 0. The van der Waals surface area contributed by atoms with Crippen LogP contribution in [-0.4, -0.2) is 25.5 Å². The predicted octanol–water partition coefficient (Wildman–Crippen LogP) is 2.39. The second-order valence-corrected chi connectivity index (χ2v) is 5.39. The summed E-state index contributed by atoms with van der Waals surface area (Å²) in [4.78, 5) is 22.7. The lowest BCUT2D eigenvalue weighted by molar-refractivity contribution is 0.210. The molecule has 0 aliphatic carbocycles. The summed E-state index contributed by atoms with van der Waals surface area (Å²) in [6.07, 6.45) is 3.84. The molecule has 1 amide bonds. The van der Waals surface area contributed by atoms with Crippen molar-refractivity contribution in [1.29, 1.82) is 0 Å². The first-order valence-electron chi connectivity index (χ1n) is 7.30. The fourth-order valence-electron chi connectivity index (χ4n) is 2.44. The van der Waals surface area contributed by atoms with Crippen molar-refractivity contribution in [3.05, 3.63) is 70.9 Å². The van der Waals surface area contributed by atoms with Crippen molar-refractivity contribution in [2.75, 3.05) is 5.32 Å². The summed E-state index contributed by atoms with van der Waals surface area (Å²) in [5.74, 6) is 0. The maximum atomic E-state index is 11.8. The van der Waals surface area contributed by atoms with Gasteiger partial charge < -0.3 is 9.67 Å². The molecule has 3 rings (SSSR count). The van der Waals surface area contributed by atoms with Crippen molar-refractivity contribution < 1.29 is 9.90 Å². The molecule has 0 saturated heterocycles. The fourth-order valence-corrected chi connectivity index (χ4v) is 2.44. The van der Waals surface area contributed by atoms with Crippen LogP contribution in [0.25, 0.3) is 11.1 Å². The Balaban J connectivity index is 1.96. The van der Waals surface area contributed by atoms with Crippen LogP contribution in [0.5, 0.6) is 0 Å². The molecule has 0 saturated carbocycles. The standard InChI is InChI=1S/C17H16N4O3/c1-20-11-14(15(7-16(20)22)19-17(23)24)13-8-18-21(10-13)9-12-5-3-2-4-6-12/h2-8,10-11,19H,9H2,1H3,(H,23,24). The minimum atomic E-state index is -1.22. The number of carboxylic acid groups (broad SMARTS) is 1. The molecule has 2 heterocycles. The van der Waals surface area contributed by atoms with E-state index in [0.717, 1.165) is 11.1 Å². The number of pyridine rings is 1. The Labute approximate surface area is 137 Å². The Bertz CT molecular complexity index is 929. The van der Waals surface area contributed by atoms with E-state index in [4.69, 9.17) is 5.11 Å². The van der Waals surface area contributed by atoms with E-state index in [-0.39, 0.29) is 11.2 Å². The lowest BCUT2D eigenvalue weighted by atomic mass is 10.1. The highest BCUT2D eigenvalue weighted by molar-refractivity contribution is 5.89. The van der Waals surface area contributed by atoms with E-state index in [9.17, 15) is 9.59 Å². The minimum absolute atomic E-state index is 0.241. The Kier molecular flexibility index (Phi) is 4.15. The predicted molar refractivity (Wildman–Crippen MR) is 90.1 cm³/mol. The maximum Gasteiger partial charge on any atom is 0.409 e. The number of aromatic nitrogens is 3. The van der Waals surface area contributed by atoms with Crippen LogP contribution in [0.4, 0.5) is 10.5 Å². The molecule has 0 aliphatic heterocycles. The van der Waals surface area contributed by atoms with E-state index in [1.807, 2.05) is 36.5 Å². The van der Waals surface area contributed by atoms with Gasteiger partial charge in [-0.2, -0.15) is 5.10 Å². The molecule has 2 N–H and O–H groups in total. The highest BCUT2D eigenvalue weighted by Crippen LogP contribution is 2.26. The summed E-state index contributed by atoms with van der Waals surface area (Å²) in [6, 6.07) is 11.1. The van der Waals surface area contributed by atoms with Crippen molar-refractivity contribution >= 4 is 11.8 Å². The normalized spacial score (nSPS) is 10.5. The molecular formula is C17H16N4O3. The first-order valence-corrected chi connectivity index (χ1v) is 7.30. The summed E-state index contributed by atoms with van der Waals surface area (Å²) in [5, 5.41) is 15.5. The van der Waals surface area contributed by atoms with Crippen LogP contribution in [-0.2, 0) is 13.6 Å². The monoisotopic (exact) mass is 324 g/mol. The zero-order valence-corrected chi connectivity index (χ0v) is 13.0. The topological polar surface area (TPSA) is 89.2 Å². The molecule has 0 radical (unpaired) electrons. The molecule has 7 nitrogen and oxygen atoms in total. The molecule has 0 bridgehead atoms. The Morgan fingerprint density at radius 1 is 1.25 bits per heavy atom. The number of anilines is 1. The van der Waals surface area contributed by atoms with E-state index in [2.05, 4.69) is 10.4 Å². The van der Waals surface area contributed by atoms with E-state index >= 15 is 0 Å². The molecule has 0 atom stereocenters. The van der Waals surface area contributed by atoms with Gasteiger partial charge in [0.25, 0.3) is 5.56 Å². The molecule has 0 fully saturated rings. The van der Waals surface area contributed by atoms with Crippen molar-refractivity contribution in [2.45, 2.75) is 6.54 Å². The van der Waals surface area contributed by atoms with Crippen LogP contribution in [0.2, 0.25) is 0 Å². The van der Waals surface area contributed by atoms with Crippen LogP contribution < -0.4 is 10.9 Å². The van der Waals surface area contributed by atoms with Gasteiger partial charge in [0.2, 0.25) is 0 Å². The lowest BCUT2D eigenvalue weighted by Gasteiger charge is -2.09. The molecule has 2 aromatic heterocycles. The number of hydrogen-bond acceptors (Lipinski definition) is 3. The van der Waals surface area contributed by atoms with Gasteiger partial charge in [0.1, 0.15) is 0 Å². The number of rotatable bonds is 4. The number of nitrogens with one attached hydrogen (secondary N) is 1. The Morgan fingerprint density at radius 2 is 2.00 bits per heavy atom. The second kappa shape index (κ2) is 6.41. The quantitative estimate of drug-likeness (QED) is 0.771. The molecular weight excluding hydrogens is 308 g/mol. The van der Waals surface area contributed by atoms with E-state index in [0.29, 0.717) is 12.1 Å². The molecule has 0 spiro atoms. The van der Waals surface area contributed by atoms with Gasteiger partial charge in [-0.15, -0.1) is 0 Å². The van der Waals surface area contributed by atoms with Crippen molar-refractivity contribution in [2.24, 2.45) is 7.05 Å². The van der Waals surface area contributed by atoms with Gasteiger partial charge in [-0.25, -0.2) is 4.79 Å². The molecule has 122 valence electrons. The van der Waals surface area contributed by atoms with Gasteiger partial charge in [0.15, 0.2) is 0 Å².